The maximum absolute atomic E-state index is 11.4. The van der Waals surface area contributed by atoms with E-state index in [9.17, 15) is 9.90 Å². The summed E-state index contributed by atoms with van der Waals surface area (Å²) in [5.41, 5.74) is 0. The molecule has 3 nitrogen and oxygen atoms in total. The number of carbonyl (C=O) groups is 1. The van der Waals surface area contributed by atoms with Crippen molar-refractivity contribution in [3.63, 3.8) is 0 Å². The summed E-state index contributed by atoms with van der Waals surface area (Å²) in [6.07, 6.45) is 10.5. The molecule has 0 fully saturated rings. The Morgan fingerprint density at radius 3 is 2.67 bits per heavy atom. The highest BCUT2D eigenvalue weighted by atomic mass is 16.5. The van der Waals surface area contributed by atoms with Gasteiger partial charge in [-0.2, -0.15) is 0 Å². The van der Waals surface area contributed by atoms with Gasteiger partial charge in [-0.05, 0) is 25.7 Å². The van der Waals surface area contributed by atoms with Gasteiger partial charge in [-0.3, -0.25) is 4.79 Å². The lowest BCUT2D eigenvalue weighted by Crippen LogP contribution is -2.12. The van der Waals surface area contributed by atoms with Gasteiger partial charge >= 0.3 is 5.97 Å². The van der Waals surface area contributed by atoms with Crippen molar-refractivity contribution in [2.24, 2.45) is 0 Å². The first-order valence-electron chi connectivity index (χ1n) is 7.19. The number of aliphatic hydroxyl groups is 1. The first-order valence-corrected chi connectivity index (χ1v) is 7.19. The number of carbonyl (C=O) groups excluding carboxylic acids is 1. The Morgan fingerprint density at radius 2 is 2.00 bits per heavy atom. The molecule has 0 heterocycles. The summed E-state index contributed by atoms with van der Waals surface area (Å²) >= 11 is 0. The Hall–Kier alpha value is -0.830. The second-order valence-electron chi connectivity index (χ2n) is 4.58. The average Bonchev–Trinajstić information content (AvgIpc) is 2.36. The lowest BCUT2D eigenvalue weighted by molar-refractivity contribution is -0.144. The van der Waals surface area contributed by atoms with Crippen molar-refractivity contribution >= 4 is 5.97 Å². The van der Waals surface area contributed by atoms with E-state index in [1.165, 1.54) is 0 Å². The molecule has 1 N–H and O–H groups in total. The predicted molar refractivity (Wildman–Crippen MR) is 74.4 cm³/mol. The quantitative estimate of drug-likeness (QED) is 0.349. The van der Waals surface area contributed by atoms with Gasteiger partial charge < -0.3 is 9.84 Å². The van der Waals surface area contributed by atoms with Crippen LogP contribution in [0.25, 0.3) is 0 Å². The highest BCUT2D eigenvalue weighted by molar-refractivity contribution is 5.69. The SMILES string of the molecule is CC/C=C/CCOC(=O)CCC(O)CCCCC. The molecular formula is C15H28O3. The lowest BCUT2D eigenvalue weighted by atomic mass is 10.1. The molecule has 0 saturated carbocycles. The second-order valence-corrected chi connectivity index (χ2v) is 4.58. The van der Waals surface area contributed by atoms with Crippen LogP contribution in [0.15, 0.2) is 12.2 Å². The van der Waals surface area contributed by atoms with Crippen LogP contribution in [0, 0.1) is 0 Å². The Morgan fingerprint density at radius 1 is 1.22 bits per heavy atom. The molecule has 0 rings (SSSR count). The van der Waals surface area contributed by atoms with Crippen LogP contribution in [0.3, 0.4) is 0 Å². The molecule has 18 heavy (non-hydrogen) atoms. The van der Waals surface area contributed by atoms with Crippen molar-refractivity contribution < 1.29 is 14.6 Å². The first-order chi connectivity index (χ1) is 8.70. The van der Waals surface area contributed by atoms with Crippen LogP contribution < -0.4 is 0 Å². The Bertz CT molecular complexity index is 224. The molecule has 0 amide bonds. The molecule has 0 spiro atoms. The highest BCUT2D eigenvalue weighted by Crippen LogP contribution is 2.08. The van der Waals surface area contributed by atoms with Crippen LogP contribution in [-0.4, -0.2) is 23.8 Å². The van der Waals surface area contributed by atoms with Crippen LogP contribution in [-0.2, 0) is 9.53 Å². The maximum Gasteiger partial charge on any atom is 0.305 e. The zero-order valence-corrected chi connectivity index (χ0v) is 11.9. The van der Waals surface area contributed by atoms with Crippen molar-refractivity contribution in [3.8, 4) is 0 Å². The fourth-order valence-electron chi connectivity index (χ4n) is 1.66. The van der Waals surface area contributed by atoms with E-state index in [-0.39, 0.29) is 12.1 Å². The molecule has 0 saturated heterocycles. The first kappa shape index (κ1) is 17.2. The molecule has 0 aromatic carbocycles. The van der Waals surface area contributed by atoms with Gasteiger partial charge in [0, 0.05) is 6.42 Å². The summed E-state index contributed by atoms with van der Waals surface area (Å²) in [5.74, 6) is -0.200. The van der Waals surface area contributed by atoms with E-state index in [0.29, 0.717) is 19.4 Å². The molecule has 106 valence electrons. The summed E-state index contributed by atoms with van der Waals surface area (Å²) in [6.45, 7) is 4.65. The Kier molecular flexibility index (Phi) is 12.0. The molecular weight excluding hydrogens is 228 g/mol. The molecule has 0 aromatic heterocycles. The summed E-state index contributed by atoms with van der Waals surface area (Å²) in [6, 6.07) is 0. The lowest BCUT2D eigenvalue weighted by Gasteiger charge is -2.09. The largest absolute Gasteiger partial charge is 0.465 e. The number of esters is 1. The van der Waals surface area contributed by atoms with Crippen molar-refractivity contribution in [2.45, 2.75) is 71.3 Å². The average molecular weight is 256 g/mol. The molecule has 1 unspecified atom stereocenters. The smallest absolute Gasteiger partial charge is 0.305 e. The van der Waals surface area contributed by atoms with Gasteiger partial charge in [0.25, 0.3) is 0 Å². The van der Waals surface area contributed by atoms with Crippen LogP contribution >= 0.6 is 0 Å². The van der Waals surface area contributed by atoms with E-state index in [4.69, 9.17) is 4.74 Å². The van der Waals surface area contributed by atoms with E-state index in [0.717, 1.165) is 38.5 Å². The molecule has 0 aliphatic heterocycles. The van der Waals surface area contributed by atoms with Crippen LogP contribution in [0.1, 0.15) is 65.2 Å². The second kappa shape index (κ2) is 12.6. The van der Waals surface area contributed by atoms with Gasteiger partial charge in [0.2, 0.25) is 0 Å². The van der Waals surface area contributed by atoms with Gasteiger partial charge in [0.05, 0.1) is 12.7 Å². The highest BCUT2D eigenvalue weighted by Gasteiger charge is 2.08. The standard InChI is InChI=1S/C15H28O3/c1-3-5-7-9-13-18-15(17)12-11-14(16)10-8-6-4-2/h5,7,14,16H,3-4,6,8-13H2,1-2H3/b7-5+. The minimum atomic E-state index is -0.357. The fraction of sp³-hybridized carbons (Fsp3) is 0.800. The van der Waals surface area contributed by atoms with Crippen LogP contribution in [0.4, 0.5) is 0 Å². The van der Waals surface area contributed by atoms with Crippen molar-refractivity contribution in [3.05, 3.63) is 12.2 Å². The number of unbranched alkanes of at least 4 members (excludes halogenated alkanes) is 2. The topological polar surface area (TPSA) is 46.5 Å². The summed E-state index contributed by atoms with van der Waals surface area (Å²) in [5, 5.41) is 9.65. The third kappa shape index (κ3) is 11.6. The van der Waals surface area contributed by atoms with E-state index in [2.05, 4.69) is 19.9 Å². The van der Waals surface area contributed by atoms with Gasteiger partial charge in [-0.1, -0.05) is 45.3 Å². The van der Waals surface area contributed by atoms with Gasteiger partial charge in [0.15, 0.2) is 0 Å². The van der Waals surface area contributed by atoms with E-state index in [1.807, 2.05) is 6.08 Å². The summed E-state index contributed by atoms with van der Waals surface area (Å²) in [7, 11) is 0. The van der Waals surface area contributed by atoms with Crippen molar-refractivity contribution in [2.75, 3.05) is 6.61 Å². The van der Waals surface area contributed by atoms with Crippen LogP contribution in [0.5, 0.6) is 0 Å². The van der Waals surface area contributed by atoms with Crippen LogP contribution in [0.2, 0.25) is 0 Å². The molecule has 1 atom stereocenters. The molecule has 0 aliphatic carbocycles. The number of hydrogen-bond acceptors (Lipinski definition) is 3. The number of rotatable bonds is 11. The zero-order chi connectivity index (χ0) is 13.6. The number of aliphatic hydroxyl groups excluding tert-OH is 1. The van der Waals surface area contributed by atoms with Gasteiger partial charge in [0.1, 0.15) is 0 Å². The Balaban J connectivity index is 3.43. The van der Waals surface area contributed by atoms with Gasteiger partial charge in [-0.25, -0.2) is 0 Å². The number of ether oxygens (including phenoxy) is 1. The fourth-order valence-corrected chi connectivity index (χ4v) is 1.66. The van der Waals surface area contributed by atoms with Crippen molar-refractivity contribution in [1.29, 1.82) is 0 Å². The van der Waals surface area contributed by atoms with Crippen molar-refractivity contribution in [1.82, 2.24) is 0 Å². The third-order valence-corrected chi connectivity index (χ3v) is 2.77. The summed E-state index contributed by atoms with van der Waals surface area (Å²) < 4.78 is 5.06. The zero-order valence-electron chi connectivity index (χ0n) is 11.9. The molecule has 0 radical (unpaired) electrons. The van der Waals surface area contributed by atoms with E-state index < -0.39 is 0 Å². The predicted octanol–water partition coefficient (Wildman–Crippen LogP) is 3.61. The van der Waals surface area contributed by atoms with E-state index >= 15 is 0 Å². The number of allylic oxidation sites excluding steroid dienone is 1. The number of hydrogen-bond donors (Lipinski definition) is 1. The minimum absolute atomic E-state index is 0.200. The molecule has 3 heteroatoms. The molecule has 0 aliphatic rings. The molecule has 0 bridgehead atoms. The summed E-state index contributed by atoms with van der Waals surface area (Å²) in [4.78, 5) is 11.4. The monoisotopic (exact) mass is 256 g/mol. The maximum atomic E-state index is 11.4. The normalized spacial score (nSPS) is 12.8. The minimum Gasteiger partial charge on any atom is -0.465 e. The Labute approximate surface area is 111 Å². The van der Waals surface area contributed by atoms with E-state index in [1.54, 1.807) is 0 Å². The van der Waals surface area contributed by atoms with Gasteiger partial charge in [-0.15, -0.1) is 0 Å². The molecule has 0 aromatic rings. The third-order valence-electron chi connectivity index (χ3n) is 2.77.